The van der Waals surface area contributed by atoms with Gasteiger partial charge < -0.3 is 7.16 Å². The van der Waals surface area contributed by atoms with Gasteiger partial charge in [0, 0.05) is 18.1 Å². The van der Waals surface area contributed by atoms with Gasteiger partial charge in [-0.05, 0) is 6.07 Å². The molecule has 1 heterocycles. The standard InChI is InChI=1S/C6H6F2N2.Na.H/c7-6(8)4-3-10-2-1-5(4)9;;/h1-3,6H,(H2,9,10);;/q;+1;-1. The summed E-state index contributed by atoms with van der Waals surface area (Å²) in [6.45, 7) is 0. The Balaban J connectivity index is 0. The van der Waals surface area contributed by atoms with E-state index in [4.69, 9.17) is 5.73 Å². The summed E-state index contributed by atoms with van der Waals surface area (Å²) in [4.78, 5) is 3.51. The van der Waals surface area contributed by atoms with Crippen LogP contribution in [0.5, 0.6) is 0 Å². The number of nitrogen functional groups attached to an aromatic ring is 1. The van der Waals surface area contributed by atoms with Crippen molar-refractivity contribution in [2.75, 3.05) is 5.73 Å². The predicted octanol–water partition coefficient (Wildman–Crippen LogP) is -1.28. The molecule has 0 saturated carbocycles. The van der Waals surface area contributed by atoms with Gasteiger partial charge in [-0.1, -0.05) is 0 Å². The maximum atomic E-state index is 11.9. The molecule has 11 heavy (non-hydrogen) atoms. The van der Waals surface area contributed by atoms with Crippen molar-refractivity contribution in [2.45, 2.75) is 6.43 Å². The van der Waals surface area contributed by atoms with E-state index in [1.807, 2.05) is 0 Å². The Morgan fingerprint density at radius 3 is 2.55 bits per heavy atom. The van der Waals surface area contributed by atoms with Crippen LogP contribution in [0.2, 0.25) is 0 Å². The molecule has 0 unspecified atom stereocenters. The second kappa shape index (κ2) is 4.64. The monoisotopic (exact) mass is 168 g/mol. The molecular formula is C6H7F2N2Na. The average molecular weight is 168 g/mol. The van der Waals surface area contributed by atoms with Crippen molar-refractivity contribution in [1.29, 1.82) is 0 Å². The Morgan fingerprint density at radius 1 is 1.55 bits per heavy atom. The van der Waals surface area contributed by atoms with E-state index in [0.29, 0.717) is 0 Å². The average Bonchev–Trinajstić information content (AvgIpc) is 1.88. The maximum absolute atomic E-state index is 11.9. The van der Waals surface area contributed by atoms with E-state index < -0.39 is 6.43 Å². The summed E-state index contributed by atoms with van der Waals surface area (Å²) in [7, 11) is 0. The van der Waals surface area contributed by atoms with Crippen molar-refractivity contribution in [2.24, 2.45) is 0 Å². The molecule has 5 heteroatoms. The number of aromatic nitrogens is 1. The van der Waals surface area contributed by atoms with Crippen molar-refractivity contribution in [1.82, 2.24) is 4.98 Å². The molecule has 0 radical (unpaired) electrons. The molecule has 0 spiro atoms. The van der Waals surface area contributed by atoms with Crippen LogP contribution in [0.4, 0.5) is 14.5 Å². The quantitative estimate of drug-likeness (QED) is 0.530. The van der Waals surface area contributed by atoms with Gasteiger partial charge in [-0.3, -0.25) is 4.98 Å². The van der Waals surface area contributed by atoms with Crippen molar-refractivity contribution >= 4 is 5.69 Å². The fraction of sp³-hybridized carbons (Fsp3) is 0.167. The van der Waals surface area contributed by atoms with Crippen LogP contribution in [0.15, 0.2) is 18.5 Å². The van der Waals surface area contributed by atoms with Gasteiger partial charge in [-0.25, -0.2) is 8.78 Å². The number of rotatable bonds is 1. The molecule has 0 aliphatic carbocycles. The summed E-state index contributed by atoms with van der Waals surface area (Å²) in [5, 5.41) is 0. The third-order valence-electron chi connectivity index (χ3n) is 1.12. The number of hydrogen-bond donors (Lipinski definition) is 1. The number of halogens is 2. The van der Waals surface area contributed by atoms with E-state index in [-0.39, 0.29) is 42.2 Å². The molecule has 2 N–H and O–H groups in total. The second-order valence-electron chi connectivity index (χ2n) is 1.81. The summed E-state index contributed by atoms with van der Waals surface area (Å²) in [5.74, 6) is 0. The minimum absolute atomic E-state index is 0. The third-order valence-corrected chi connectivity index (χ3v) is 1.12. The van der Waals surface area contributed by atoms with Crippen molar-refractivity contribution in [3.8, 4) is 0 Å². The Hall–Kier alpha value is -0.190. The Kier molecular flexibility index (Phi) is 4.56. The van der Waals surface area contributed by atoms with Crippen molar-refractivity contribution in [3.05, 3.63) is 24.0 Å². The number of pyridine rings is 1. The zero-order valence-corrected chi connectivity index (χ0v) is 8.09. The first-order valence-corrected chi connectivity index (χ1v) is 2.69. The van der Waals surface area contributed by atoms with Gasteiger partial charge in [0.15, 0.2) is 0 Å². The molecule has 0 bridgehead atoms. The van der Waals surface area contributed by atoms with E-state index in [0.717, 1.165) is 6.20 Å². The van der Waals surface area contributed by atoms with Gasteiger partial charge in [0.25, 0.3) is 6.43 Å². The number of anilines is 1. The topological polar surface area (TPSA) is 38.9 Å². The number of nitrogens with zero attached hydrogens (tertiary/aromatic N) is 1. The van der Waals surface area contributed by atoms with Crippen LogP contribution in [-0.4, -0.2) is 4.98 Å². The molecule has 0 saturated heterocycles. The smallest absolute Gasteiger partial charge is 1.00 e. The summed E-state index contributed by atoms with van der Waals surface area (Å²) >= 11 is 0. The number of hydrogen-bond acceptors (Lipinski definition) is 2. The predicted molar refractivity (Wildman–Crippen MR) is 34.7 cm³/mol. The summed E-state index contributed by atoms with van der Waals surface area (Å²) in [6.07, 6.45) is -0.0880. The minimum atomic E-state index is -2.53. The van der Waals surface area contributed by atoms with E-state index in [9.17, 15) is 8.78 Å². The van der Waals surface area contributed by atoms with Gasteiger partial charge in [-0.2, -0.15) is 0 Å². The molecule has 1 aromatic rings. The van der Waals surface area contributed by atoms with Crippen LogP contribution in [0.1, 0.15) is 13.4 Å². The molecule has 0 fully saturated rings. The Morgan fingerprint density at radius 2 is 2.18 bits per heavy atom. The first kappa shape index (κ1) is 10.8. The van der Waals surface area contributed by atoms with E-state index in [1.54, 1.807) is 0 Å². The third kappa shape index (κ3) is 2.73. The summed E-state index contributed by atoms with van der Waals surface area (Å²) < 4.78 is 23.8. The van der Waals surface area contributed by atoms with Crippen LogP contribution in [0, 0.1) is 0 Å². The summed E-state index contributed by atoms with van der Waals surface area (Å²) in [5.41, 5.74) is 5.08. The zero-order chi connectivity index (χ0) is 7.56. The normalized spacial score (nSPS) is 9.36. The number of alkyl halides is 2. The molecule has 0 aromatic carbocycles. The molecule has 0 aliphatic heterocycles. The van der Waals surface area contributed by atoms with Gasteiger partial charge in [-0.15, -0.1) is 0 Å². The molecule has 1 aromatic heterocycles. The van der Waals surface area contributed by atoms with E-state index >= 15 is 0 Å². The summed E-state index contributed by atoms with van der Waals surface area (Å²) in [6, 6.07) is 1.35. The zero-order valence-electron chi connectivity index (χ0n) is 7.09. The Labute approximate surface area is 86.6 Å². The fourth-order valence-electron chi connectivity index (χ4n) is 0.600. The molecule has 56 valence electrons. The first-order chi connectivity index (χ1) is 4.72. The first-order valence-electron chi connectivity index (χ1n) is 2.69. The van der Waals surface area contributed by atoms with Crippen LogP contribution < -0.4 is 35.3 Å². The van der Waals surface area contributed by atoms with Gasteiger partial charge in [0.1, 0.15) is 0 Å². The largest absolute Gasteiger partial charge is 1.00 e. The van der Waals surface area contributed by atoms with Crippen LogP contribution in [-0.2, 0) is 0 Å². The van der Waals surface area contributed by atoms with Crippen LogP contribution in [0.25, 0.3) is 0 Å². The van der Waals surface area contributed by atoms with Crippen LogP contribution >= 0.6 is 0 Å². The van der Waals surface area contributed by atoms with E-state index in [1.165, 1.54) is 12.3 Å². The molecule has 0 aliphatic rings. The Bertz CT molecular complexity index is 235. The molecule has 0 amide bonds. The van der Waals surface area contributed by atoms with Gasteiger partial charge >= 0.3 is 29.6 Å². The van der Waals surface area contributed by atoms with Crippen LogP contribution in [0.3, 0.4) is 0 Å². The SMILES string of the molecule is Nc1ccncc1C(F)F.[H-].[Na+]. The fourth-order valence-corrected chi connectivity index (χ4v) is 0.600. The molecule has 2 nitrogen and oxygen atoms in total. The maximum Gasteiger partial charge on any atom is 1.00 e. The van der Waals surface area contributed by atoms with E-state index in [2.05, 4.69) is 4.98 Å². The molecular weight excluding hydrogens is 161 g/mol. The van der Waals surface area contributed by atoms with Crippen molar-refractivity contribution in [3.63, 3.8) is 0 Å². The minimum Gasteiger partial charge on any atom is -1.00 e. The number of nitrogens with two attached hydrogens (primary N) is 1. The molecule has 0 atom stereocenters. The van der Waals surface area contributed by atoms with Crippen molar-refractivity contribution < 1.29 is 39.8 Å². The van der Waals surface area contributed by atoms with Gasteiger partial charge in [0.05, 0.1) is 5.56 Å². The van der Waals surface area contributed by atoms with Gasteiger partial charge in [0.2, 0.25) is 0 Å². The second-order valence-corrected chi connectivity index (χ2v) is 1.81. The molecule has 1 rings (SSSR count).